The number of halogens is 5. The van der Waals surface area contributed by atoms with Crippen LogP contribution in [0.3, 0.4) is 0 Å². The van der Waals surface area contributed by atoms with Gasteiger partial charge in [0, 0.05) is 12.6 Å². The normalized spacial score (nSPS) is 13.3. The van der Waals surface area contributed by atoms with Gasteiger partial charge in [0.25, 0.3) is 0 Å². The molecule has 1 aromatic rings. The van der Waals surface area contributed by atoms with Gasteiger partial charge in [0.15, 0.2) is 0 Å². The molecule has 0 spiro atoms. The first-order valence-corrected chi connectivity index (χ1v) is 3.83. The van der Waals surface area contributed by atoms with Gasteiger partial charge in [-0.15, -0.1) is 0 Å². The van der Waals surface area contributed by atoms with E-state index in [4.69, 9.17) is 5.73 Å². The van der Waals surface area contributed by atoms with Crippen LogP contribution in [0.2, 0.25) is 0 Å². The van der Waals surface area contributed by atoms with Crippen molar-refractivity contribution in [3.05, 3.63) is 11.3 Å². The molecule has 0 unspecified atom stereocenters. The fraction of sp³-hybridized carbons (Fsp3) is 0.571. The lowest BCUT2D eigenvalue weighted by Crippen LogP contribution is -2.34. The molecule has 0 amide bonds. The second-order valence-corrected chi connectivity index (χ2v) is 3.05. The van der Waals surface area contributed by atoms with E-state index in [9.17, 15) is 22.0 Å². The molecule has 1 rings (SSSR count). The number of rotatable bonds is 1. The lowest BCUT2D eigenvalue weighted by atomic mass is 10.1. The van der Waals surface area contributed by atoms with Crippen LogP contribution in [-0.2, 0) is 13.0 Å². The van der Waals surface area contributed by atoms with Gasteiger partial charge in [-0.3, -0.25) is 4.68 Å². The summed E-state index contributed by atoms with van der Waals surface area (Å²) < 4.78 is 62.5. The Labute approximate surface area is 81.7 Å². The largest absolute Gasteiger partial charge is 0.459 e. The van der Waals surface area contributed by atoms with Gasteiger partial charge in [-0.05, 0) is 6.92 Å². The highest BCUT2D eigenvalue weighted by atomic mass is 19.4. The first-order valence-electron chi connectivity index (χ1n) is 3.83. The molecule has 2 N–H and O–H groups in total. The summed E-state index contributed by atoms with van der Waals surface area (Å²) in [5.74, 6) is -5.19. The summed E-state index contributed by atoms with van der Waals surface area (Å²) in [6.07, 6.45) is -5.67. The fourth-order valence-corrected chi connectivity index (χ4v) is 1.08. The minimum atomic E-state index is -5.67. The molecule has 0 fully saturated rings. The highest BCUT2D eigenvalue weighted by Gasteiger charge is 2.61. The lowest BCUT2D eigenvalue weighted by molar-refractivity contribution is -0.291. The number of nitrogen functional groups attached to an aromatic ring is 1. The standard InChI is InChI=1S/C7H8F5N3/c1-3-4(14-15(2)5(3)13)6(8,9)7(10,11)12/h13H2,1-2H3. The Hall–Kier alpha value is -1.34. The van der Waals surface area contributed by atoms with Crippen molar-refractivity contribution in [2.75, 3.05) is 5.73 Å². The summed E-state index contributed by atoms with van der Waals surface area (Å²) in [4.78, 5) is 0. The minimum absolute atomic E-state index is 0.214. The summed E-state index contributed by atoms with van der Waals surface area (Å²) >= 11 is 0. The average molecular weight is 229 g/mol. The van der Waals surface area contributed by atoms with E-state index in [1.165, 1.54) is 7.05 Å². The van der Waals surface area contributed by atoms with E-state index in [1.54, 1.807) is 0 Å². The molecular weight excluding hydrogens is 221 g/mol. The van der Waals surface area contributed by atoms with Gasteiger partial charge < -0.3 is 5.73 Å². The summed E-state index contributed by atoms with van der Waals surface area (Å²) in [5.41, 5.74) is 3.53. The first kappa shape index (κ1) is 11.7. The Morgan fingerprint density at radius 3 is 1.93 bits per heavy atom. The van der Waals surface area contributed by atoms with E-state index < -0.39 is 17.8 Å². The maximum atomic E-state index is 12.9. The Morgan fingerprint density at radius 2 is 1.67 bits per heavy atom. The Bertz CT molecular complexity index is 379. The zero-order chi connectivity index (χ0) is 12.0. The van der Waals surface area contributed by atoms with E-state index in [-0.39, 0.29) is 11.4 Å². The van der Waals surface area contributed by atoms with E-state index in [0.717, 1.165) is 11.6 Å². The van der Waals surface area contributed by atoms with E-state index in [2.05, 4.69) is 5.10 Å². The molecule has 8 heteroatoms. The zero-order valence-electron chi connectivity index (χ0n) is 7.86. The average Bonchev–Trinajstić information content (AvgIpc) is 2.31. The van der Waals surface area contributed by atoms with Crippen LogP contribution >= 0.6 is 0 Å². The van der Waals surface area contributed by atoms with Crippen LogP contribution < -0.4 is 5.73 Å². The Morgan fingerprint density at radius 1 is 1.20 bits per heavy atom. The molecule has 3 nitrogen and oxygen atoms in total. The van der Waals surface area contributed by atoms with Crippen molar-refractivity contribution in [3.8, 4) is 0 Å². The number of hydrogen-bond acceptors (Lipinski definition) is 2. The lowest BCUT2D eigenvalue weighted by Gasteiger charge is -2.17. The highest BCUT2D eigenvalue weighted by Crippen LogP contribution is 2.44. The van der Waals surface area contributed by atoms with Crippen molar-refractivity contribution >= 4 is 5.82 Å². The van der Waals surface area contributed by atoms with Crippen LogP contribution in [-0.4, -0.2) is 16.0 Å². The fourth-order valence-electron chi connectivity index (χ4n) is 1.08. The topological polar surface area (TPSA) is 43.8 Å². The summed E-state index contributed by atoms with van der Waals surface area (Å²) in [6.45, 7) is 1.07. The Balaban J connectivity index is 3.34. The molecule has 0 aliphatic heterocycles. The van der Waals surface area contributed by atoms with Gasteiger partial charge >= 0.3 is 12.1 Å². The number of nitrogens with two attached hydrogens (primary N) is 1. The second-order valence-electron chi connectivity index (χ2n) is 3.05. The molecule has 0 bridgehead atoms. The predicted molar refractivity (Wildman–Crippen MR) is 42.3 cm³/mol. The molecule has 86 valence electrons. The quantitative estimate of drug-likeness (QED) is 0.748. The van der Waals surface area contributed by atoms with E-state index in [1.807, 2.05) is 0 Å². The van der Waals surface area contributed by atoms with E-state index in [0.29, 0.717) is 0 Å². The first-order chi connectivity index (χ1) is 6.59. The van der Waals surface area contributed by atoms with Gasteiger partial charge in [-0.2, -0.15) is 27.1 Å². The third-order valence-corrected chi connectivity index (χ3v) is 1.99. The number of hydrogen-bond donors (Lipinski definition) is 1. The van der Waals surface area contributed by atoms with Crippen molar-refractivity contribution in [3.63, 3.8) is 0 Å². The number of aromatic nitrogens is 2. The van der Waals surface area contributed by atoms with Crippen LogP contribution in [0.4, 0.5) is 27.8 Å². The van der Waals surface area contributed by atoms with Gasteiger partial charge in [-0.25, -0.2) is 0 Å². The van der Waals surface area contributed by atoms with Crippen LogP contribution in [0.1, 0.15) is 11.3 Å². The van der Waals surface area contributed by atoms with Crippen LogP contribution in [0.15, 0.2) is 0 Å². The minimum Gasteiger partial charge on any atom is -0.384 e. The Kier molecular flexibility index (Phi) is 2.41. The summed E-state index contributed by atoms with van der Waals surface area (Å²) in [5, 5.41) is 3.07. The zero-order valence-corrected chi connectivity index (χ0v) is 7.86. The van der Waals surface area contributed by atoms with Crippen molar-refractivity contribution in [1.29, 1.82) is 0 Å². The molecule has 0 saturated carbocycles. The van der Waals surface area contributed by atoms with Crippen molar-refractivity contribution < 1.29 is 22.0 Å². The van der Waals surface area contributed by atoms with Crippen molar-refractivity contribution in [1.82, 2.24) is 9.78 Å². The summed E-state index contributed by atoms with van der Waals surface area (Å²) in [7, 11) is 1.19. The molecule has 0 saturated heterocycles. The maximum Gasteiger partial charge on any atom is 0.459 e. The third kappa shape index (κ3) is 1.64. The third-order valence-electron chi connectivity index (χ3n) is 1.99. The maximum absolute atomic E-state index is 12.9. The molecule has 0 aliphatic carbocycles. The monoisotopic (exact) mass is 229 g/mol. The molecular formula is C7H8F5N3. The number of aryl methyl sites for hydroxylation is 1. The molecule has 0 aromatic carbocycles. The number of alkyl halides is 5. The number of anilines is 1. The number of nitrogens with zero attached hydrogens (tertiary/aromatic N) is 2. The summed E-state index contributed by atoms with van der Waals surface area (Å²) in [6, 6.07) is 0. The molecule has 0 atom stereocenters. The van der Waals surface area contributed by atoms with Gasteiger partial charge in [-0.1, -0.05) is 0 Å². The molecule has 15 heavy (non-hydrogen) atoms. The SMILES string of the molecule is Cc1c(C(F)(F)C(F)(F)F)nn(C)c1N. The predicted octanol–water partition coefficient (Wildman–Crippen LogP) is 1.96. The van der Waals surface area contributed by atoms with Crippen LogP contribution in [0, 0.1) is 6.92 Å². The smallest absolute Gasteiger partial charge is 0.384 e. The molecule has 1 heterocycles. The van der Waals surface area contributed by atoms with Crippen molar-refractivity contribution in [2.24, 2.45) is 7.05 Å². The second kappa shape index (κ2) is 3.07. The van der Waals surface area contributed by atoms with E-state index >= 15 is 0 Å². The molecule has 1 aromatic heterocycles. The van der Waals surface area contributed by atoms with Gasteiger partial charge in [0.2, 0.25) is 0 Å². The molecule has 0 radical (unpaired) electrons. The van der Waals surface area contributed by atoms with Crippen LogP contribution in [0.25, 0.3) is 0 Å². The molecule has 0 aliphatic rings. The van der Waals surface area contributed by atoms with Crippen LogP contribution in [0.5, 0.6) is 0 Å². The van der Waals surface area contributed by atoms with Crippen molar-refractivity contribution in [2.45, 2.75) is 19.0 Å². The highest BCUT2D eigenvalue weighted by molar-refractivity contribution is 5.44. The van der Waals surface area contributed by atoms with Gasteiger partial charge in [0.1, 0.15) is 11.5 Å². The van der Waals surface area contributed by atoms with Gasteiger partial charge in [0.05, 0.1) is 0 Å².